The molecule has 0 unspecified atom stereocenters. The molecule has 194 valence electrons. The zero-order chi connectivity index (χ0) is 26.5. The summed E-state index contributed by atoms with van der Waals surface area (Å²) in [6.07, 6.45) is 1.29. The van der Waals surface area contributed by atoms with Crippen molar-refractivity contribution in [3.63, 3.8) is 0 Å². The predicted octanol–water partition coefficient (Wildman–Crippen LogP) is 3.99. The minimum atomic E-state index is -3.93. The first-order valence-electron chi connectivity index (χ1n) is 12.1. The Bertz CT molecular complexity index is 1220. The maximum Gasteiger partial charge on any atom is 0.269 e. The van der Waals surface area contributed by atoms with E-state index in [-0.39, 0.29) is 54.2 Å². The van der Waals surface area contributed by atoms with Gasteiger partial charge in [0.05, 0.1) is 5.56 Å². The summed E-state index contributed by atoms with van der Waals surface area (Å²) in [5.41, 5.74) is 0.955. The quantitative estimate of drug-likeness (QED) is 0.470. The molecule has 1 N–H and O–H groups in total. The molecule has 0 spiro atoms. The van der Waals surface area contributed by atoms with Gasteiger partial charge in [-0.25, -0.2) is 12.7 Å². The van der Waals surface area contributed by atoms with E-state index in [0.29, 0.717) is 11.4 Å². The van der Waals surface area contributed by atoms with E-state index in [0.717, 1.165) is 16.3 Å². The highest BCUT2D eigenvalue weighted by Gasteiger charge is 2.40. The van der Waals surface area contributed by atoms with E-state index in [1.807, 2.05) is 20.8 Å². The number of hydrogen-bond acceptors (Lipinski definition) is 5. The molecule has 2 aromatic rings. The smallest absolute Gasteiger partial charge is 0.269 e. The van der Waals surface area contributed by atoms with Crippen LogP contribution in [0.2, 0.25) is 5.02 Å². The third-order valence-electron chi connectivity index (χ3n) is 6.32. The van der Waals surface area contributed by atoms with Crippen LogP contribution in [0, 0.1) is 0 Å². The second-order valence-corrected chi connectivity index (χ2v) is 11.1. The average molecular weight is 534 g/mol. The van der Waals surface area contributed by atoms with Crippen LogP contribution in [-0.2, 0) is 26.2 Å². The highest BCUT2D eigenvalue weighted by Crippen LogP contribution is 2.30. The Morgan fingerprint density at radius 3 is 2.33 bits per heavy atom. The maximum absolute atomic E-state index is 13.4. The number of hydrogen-bond donors (Lipinski definition) is 1. The normalized spacial score (nSPS) is 15.8. The third-order valence-corrected chi connectivity index (χ3v) is 8.41. The average Bonchev–Trinajstić information content (AvgIpc) is 3.05. The van der Waals surface area contributed by atoms with Crippen LogP contribution in [0.25, 0.3) is 0 Å². The van der Waals surface area contributed by atoms with Gasteiger partial charge in [0.1, 0.15) is 10.9 Å². The van der Waals surface area contributed by atoms with Crippen molar-refractivity contribution in [1.82, 2.24) is 14.5 Å². The molecule has 1 heterocycles. The van der Waals surface area contributed by atoms with Crippen LogP contribution in [0.5, 0.6) is 0 Å². The third kappa shape index (κ3) is 6.07. The molecule has 0 saturated heterocycles. The number of sulfonamides is 1. The molecule has 0 saturated carbocycles. The second kappa shape index (κ2) is 11.9. The molecule has 3 rings (SSSR count). The number of fused-ring (bicyclic) bond motifs is 1. The van der Waals surface area contributed by atoms with E-state index in [1.54, 1.807) is 36.4 Å². The number of nitrogens with one attached hydrogen (secondary N) is 1. The molecule has 0 bridgehead atoms. The highest BCUT2D eigenvalue weighted by molar-refractivity contribution is 7.90. The minimum absolute atomic E-state index is 0.0153. The van der Waals surface area contributed by atoms with Gasteiger partial charge in [0.2, 0.25) is 11.8 Å². The van der Waals surface area contributed by atoms with Gasteiger partial charge in [-0.3, -0.25) is 14.4 Å². The van der Waals surface area contributed by atoms with Gasteiger partial charge in [-0.2, -0.15) is 0 Å². The van der Waals surface area contributed by atoms with Crippen molar-refractivity contribution in [3.8, 4) is 0 Å². The van der Waals surface area contributed by atoms with Gasteiger partial charge in [0.25, 0.3) is 15.9 Å². The summed E-state index contributed by atoms with van der Waals surface area (Å²) in [4.78, 5) is 40.6. The molecule has 8 nitrogen and oxygen atoms in total. The fourth-order valence-corrected chi connectivity index (χ4v) is 5.85. The van der Waals surface area contributed by atoms with Crippen molar-refractivity contribution in [2.24, 2.45) is 0 Å². The van der Waals surface area contributed by atoms with E-state index in [9.17, 15) is 22.8 Å². The van der Waals surface area contributed by atoms with Crippen molar-refractivity contribution < 1.29 is 22.8 Å². The summed E-state index contributed by atoms with van der Waals surface area (Å²) in [6.45, 7) is 5.80. The SMILES string of the molecule is CC[C@H](C(=O)N[C@@H](C)CC)N(Cc1ccc(Cl)cc1)C(=O)CCCN1C(=O)c2ccccc2S1(=O)=O. The molecule has 2 atom stereocenters. The zero-order valence-corrected chi connectivity index (χ0v) is 22.3. The molecule has 36 heavy (non-hydrogen) atoms. The maximum atomic E-state index is 13.4. The Labute approximate surface area is 217 Å². The van der Waals surface area contributed by atoms with Crippen LogP contribution in [0.1, 0.15) is 62.4 Å². The predicted molar refractivity (Wildman–Crippen MR) is 138 cm³/mol. The van der Waals surface area contributed by atoms with E-state index in [1.165, 1.54) is 17.0 Å². The summed E-state index contributed by atoms with van der Waals surface area (Å²) >= 11 is 6.00. The molecular formula is C26H32ClN3O5S. The van der Waals surface area contributed by atoms with Crippen molar-refractivity contribution in [2.45, 2.75) is 70.0 Å². The van der Waals surface area contributed by atoms with Crippen LogP contribution in [0.4, 0.5) is 0 Å². The summed E-state index contributed by atoms with van der Waals surface area (Å²) in [5.74, 6) is -1.12. The first-order chi connectivity index (χ1) is 17.1. The number of carbonyl (C=O) groups is 3. The first kappa shape index (κ1) is 27.7. The number of nitrogens with zero attached hydrogens (tertiary/aromatic N) is 2. The lowest BCUT2D eigenvalue weighted by Gasteiger charge is -2.31. The molecular weight excluding hydrogens is 502 g/mol. The number of carbonyl (C=O) groups excluding carboxylic acids is 3. The van der Waals surface area contributed by atoms with Crippen LogP contribution in [-0.4, -0.2) is 54.0 Å². The number of amides is 3. The fraction of sp³-hybridized carbons (Fsp3) is 0.423. The van der Waals surface area contributed by atoms with E-state index in [2.05, 4.69) is 5.32 Å². The topological polar surface area (TPSA) is 104 Å². The Morgan fingerprint density at radius 2 is 1.72 bits per heavy atom. The standard InChI is InChI=1S/C26H32ClN3O5S/c1-4-18(3)28-25(32)22(5-2)29(17-19-12-14-20(27)15-13-19)24(31)11-8-16-30-26(33)21-9-6-7-10-23(21)36(30,34)35/h6-7,9-10,12-15,18,22H,4-5,8,11,16-17H2,1-3H3,(H,28,32)/t18-,22+/m0/s1. The van der Waals surface area contributed by atoms with Gasteiger partial charge >= 0.3 is 0 Å². The summed E-state index contributed by atoms with van der Waals surface area (Å²) in [5, 5.41) is 3.52. The lowest BCUT2D eigenvalue weighted by Crippen LogP contribution is -2.50. The van der Waals surface area contributed by atoms with Gasteiger partial charge < -0.3 is 10.2 Å². The van der Waals surface area contributed by atoms with Crippen molar-refractivity contribution in [1.29, 1.82) is 0 Å². The first-order valence-corrected chi connectivity index (χ1v) is 13.9. The molecule has 0 aliphatic carbocycles. The van der Waals surface area contributed by atoms with Gasteiger partial charge in [-0.05, 0) is 56.0 Å². The lowest BCUT2D eigenvalue weighted by molar-refractivity contribution is -0.141. The number of halogens is 1. The van der Waals surface area contributed by atoms with E-state index in [4.69, 9.17) is 11.6 Å². The zero-order valence-electron chi connectivity index (χ0n) is 20.7. The molecule has 3 amide bonds. The number of benzene rings is 2. The molecule has 10 heteroatoms. The van der Waals surface area contributed by atoms with Crippen molar-refractivity contribution >= 4 is 39.3 Å². The minimum Gasteiger partial charge on any atom is -0.352 e. The van der Waals surface area contributed by atoms with Crippen LogP contribution >= 0.6 is 11.6 Å². The number of rotatable bonds is 11. The highest BCUT2D eigenvalue weighted by atomic mass is 35.5. The Morgan fingerprint density at radius 1 is 1.06 bits per heavy atom. The molecule has 1 aliphatic rings. The molecule has 0 fully saturated rings. The second-order valence-electron chi connectivity index (χ2n) is 8.87. The van der Waals surface area contributed by atoms with Gasteiger partial charge in [0, 0.05) is 30.6 Å². The summed E-state index contributed by atoms with van der Waals surface area (Å²) < 4.78 is 26.4. The largest absolute Gasteiger partial charge is 0.352 e. The van der Waals surface area contributed by atoms with Gasteiger partial charge in [0.15, 0.2) is 0 Å². The molecule has 0 aromatic heterocycles. The van der Waals surface area contributed by atoms with Gasteiger partial charge in [-0.1, -0.05) is 49.7 Å². The van der Waals surface area contributed by atoms with Crippen molar-refractivity contribution in [2.75, 3.05) is 6.54 Å². The Hall–Kier alpha value is -2.91. The van der Waals surface area contributed by atoms with Gasteiger partial charge in [-0.15, -0.1) is 0 Å². The Kier molecular flexibility index (Phi) is 9.13. The monoisotopic (exact) mass is 533 g/mol. The molecule has 2 aromatic carbocycles. The fourth-order valence-electron chi connectivity index (χ4n) is 4.12. The van der Waals surface area contributed by atoms with Crippen LogP contribution in [0.15, 0.2) is 53.4 Å². The summed E-state index contributed by atoms with van der Waals surface area (Å²) in [7, 11) is -3.93. The van der Waals surface area contributed by atoms with Crippen LogP contribution < -0.4 is 5.32 Å². The van der Waals surface area contributed by atoms with E-state index >= 15 is 0 Å². The van der Waals surface area contributed by atoms with Crippen LogP contribution in [0.3, 0.4) is 0 Å². The van der Waals surface area contributed by atoms with Crippen molar-refractivity contribution in [3.05, 3.63) is 64.7 Å². The van der Waals surface area contributed by atoms with E-state index < -0.39 is 22.0 Å². The summed E-state index contributed by atoms with van der Waals surface area (Å²) in [6, 6.07) is 12.4. The Balaban J connectivity index is 1.74. The lowest BCUT2D eigenvalue weighted by atomic mass is 10.1. The molecule has 0 radical (unpaired) electrons. The molecule has 1 aliphatic heterocycles.